The third-order valence-electron chi connectivity index (χ3n) is 4.52. The van der Waals surface area contributed by atoms with Gasteiger partial charge in [-0.25, -0.2) is 0 Å². The van der Waals surface area contributed by atoms with Crippen LogP contribution in [0.2, 0.25) is 5.02 Å². The normalized spacial score (nSPS) is 11.1. The SMILES string of the molecule is O=C(Nc1ccccc1)c1cc2ccccc2c(C=Nc2ccccc2Cl)c1O. The molecule has 4 aromatic carbocycles. The van der Waals surface area contributed by atoms with Gasteiger partial charge >= 0.3 is 0 Å². The number of hydrogen-bond donors (Lipinski definition) is 2. The average molecular weight is 401 g/mol. The van der Waals surface area contributed by atoms with Gasteiger partial charge in [0.05, 0.1) is 16.3 Å². The predicted molar refractivity (Wildman–Crippen MR) is 119 cm³/mol. The van der Waals surface area contributed by atoms with E-state index in [9.17, 15) is 9.90 Å². The maximum absolute atomic E-state index is 12.8. The van der Waals surface area contributed by atoms with E-state index in [1.54, 1.807) is 30.3 Å². The fourth-order valence-electron chi connectivity index (χ4n) is 3.08. The van der Waals surface area contributed by atoms with Crippen LogP contribution in [0.15, 0.2) is 89.9 Å². The largest absolute Gasteiger partial charge is 0.506 e. The zero-order valence-corrected chi connectivity index (χ0v) is 16.1. The van der Waals surface area contributed by atoms with Gasteiger partial charge in [-0.05, 0) is 41.1 Å². The Balaban J connectivity index is 1.80. The zero-order valence-electron chi connectivity index (χ0n) is 15.3. The number of nitrogens with one attached hydrogen (secondary N) is 1. The fourth-order valence-corrected chi connectivity index (χ4v) is 3.26. The molecule has 0 aromatic heterocycles. The van der Waals surface area contributed by atoms with E-state index in [4.69, 9.17) is 11.6 Å². The summed E-state index contributed by atoms with van der Waals surface area (Å²) in [7, 11) is 0. The van der Waals surface area contributed by atoms with Gasteiger partial charge in [0.15, 0.2) is 0 Å². The van der Waals surface area contributed by atoms with Crippen LogP contribution in [-0.4, -0.2) is 17.2 Å². The van der Waals surface area contributed by atoms with Crippen molar-refractivity contribution in [2.45, 2.75) is 0 Å². The van der Waals surface area contributed by atoms with Crippen LogP contribution in [0.1, 0.15) is 15.9 Å². The standard InChI is InChI=1S/C24H17ClN2O2/c25-21-12-6-7-13-22(21)26-15-20-18-11-5-4-8-16(18)14-19(23(20)28)24(29)27-17-9-2-1-3-10-17/h1-15,28H,(H,27,29). The van der Waals surface area contributed by atoms with E-state index in [2.05, 4.69) is 10.3 Å². The molecule has 0 saturated heterocycles. The number of carbonyl (C=O) groups is 1. The first-order chi connectivity index (χ1) is 14.1. The molecule has 0 fully saturated rings. The Hall–Kier alpha value is -3.63. The first kappa shape index (κ1) is 18.7. The van der Waals surface area contributed by atoms with Gasteiger partial charge < -0.3 is 10.4 Å². The Kier molecular flexibility index (Phi) is 5.27. The van der Waals surface area contributed by atoms with E-state index in [1.807, 2.05) is 54.6 Å². The molecular formula is C24H17ClN2O2. The molecule has 4 aromatic rings. The smallest absolute Gasteiger partial charge is 0.259 e. The molecule has 0 bridgehead atoms. The summed E-state index contributed by atoms with van der Waals surface area (Å²) >= 11 is 6.18. The molecule has 2 N–H and O–H groups in total. The number of amides is 1. The first-order valence-corrected chi connectivity index (χ1v) is 9.41. The number of para-hydroxylation sites is 2. The molecule has 4 rings (SSSR count). The van der Waals surface area contributed by atoms with Crippen LogP contribution in [0.4, 0.5) is 11.4 Å². The second-order valence-electron chi connectivity index (χ2n) is 6.44. The lowest BCUT2D eigenvalue weighted by molar-refractivity contribution is 0.102. The highest BCUT2D eigenvalue weighted by molar-refractivity contribution is 6.33. The second kappa shape index (κ2) is 8.17. The third-order valence-corrected chi connectivity index (χ3v) is 4.84. The third kappa shape index (κ3) is 3.98. The maximum Gasteiger partial charge on any atom is 0.259 e. The van der Waals surface area contributed by atoms with Crippen LogP contribution < -0.4 is 5.32 Å². The minimum atomic E-state index is -0.396. The van der Waals surface area contributed by atoms with Crippen LogP contribution in [0.5, 0.6) is 5.75 Å². The molecule has 1 amide bonds. The molecule has 4 nitrogen and oxygen atoms in total. The maximum atomic E-state index is 12.8. The van der Waals surface area contributed by atoms with Crippen LogP contribution in [0, 0.1) is 0 Å². The number of phenolic OH excluding ortho intramolecular Hbond substituents is 1. The summed E-state index contributed by atoms with van der Waals surface area (Å²) in [4.78, 5) is 17.2. The van der Waals surface area contributed by atoms with E-state index >= 15 is 0 Å². The van der Waals surface area contributed by atoms with Gasteiger partial charge in [-0.3, -0.25) is 9.79 Å². The molecule has 5 heteroatoms. The molecule has 0 radical (unpaired) electrons. The number of anilines is 1. The number of phenols is 1. The summed E-state index contributed by atoms with van der Waals surface area (Å²) in [6.45, 7) is 0. The zero-order chi connectivity index (χ0) is 20.2. The average Bonchev–Trinajstić information content (AvgIpc) is 2.74. The van der Waals surface area contributed by atoms with Crippen molar-refractivity contribution in [1.29, 1.82) is 0 Å². The van der Waals surface area contributed by atoms with Crippen LogP contribution in [0.25, 0.3) is 10.8 Å². The van der Waals surface area contributed by atoms with Gasteiger partial charge in [0.2, 0.25) is 0 Å². The molecule has 0 aliphatic carbocycles. The number of nitrogens with zero attached hydrogens (tertiary/aromatic N) is 1. The number of benzene rings is 4. The fraction of sp³-hybridized carbons (Fsp3) is 0. The van der Waals surface area contributed by atoms with Gasteiger partial charge in [0.25, 0.3) is 5.91 Å². The van der Waals surface area contributed by atoms with Crippen LogP contribution >= 0.6 is 11.6 Å². The summed E-state index contributed by atoms with van der Waals surface area (Å²) in [5.74, 6) is -0.528. The first-order valence-electron chi connectivity index (χ1n) is 9.03. The molecule has 0 aliphatic heterocycles. The van der Waals surface area contributed by atoms with Gasteiger partial charge in [0, 0.05) is 17.5 Å². The number of hydrogen-bond acceptors (Lipinski definition) is 3. The van der Waals surface area contributed by atoms with Crippen molar-refractivity contribution in [2.75, 3.05) is 5.32 Å². The Labute approximate surface area is 173 Å². The quantitative estimate of drug-likeness (QED) is 0.400. The molecule has 0 heterocycles. The van der Waals surface area contributed by atoms with Crippen molar-refractivity contribution in [3.8, 4) is 5.75 Å². The lowest BCUT2D eigenvalue weighted by atomic mass is 9.99. The van der Waals surface area contributed by atoms with E-state index in [0.717, 1.165) is 10.8 Å². The van der Waals surface area contributed by atoms with E-state index in [0.29, 0.717) is 22.0 Å². The number of rotatable bonds is 4. The van der Waals surface area contributed by atoms with Crippen molar-refractivity contribution < 1.29 is 9.90 Å². The number of halogens is 1. The summed E-state index contributed by atoms with van der Waals surface area (Å²) in [6, 6.07) is 25.5. The molecule has 0 atom stereocenters. The van der Waals surface area contributed by atoms with Crippen molar-refractivity contribution in [3.05, 3.63) is 101 Å². The molecule has 0 spiro atoms. The lowest BCUT2D eigenvalue weighted by Gasteiger charge is -2.12. The summed E-state index contributed by atoms with van der Waals surface area (Å²) in [5.41, 5.74) is 1.86. The minimum absolute atomic E-state index is 0.132. The van der Waals surface area contributed by atoms with Gasteiger partial charge in [-0.2, -0.15) is 0 Å². The highest BCUT2D eigenvalue weighted by Crippen LogP contribution is 2.32. The highest BCUT2D eigenvalue weighted by Gasteiger charge is 2.17. The number of aromatic hydroxyl groups is 1. The lowest BCUT2D eigenvalue weighted by Crippen LogP contribution is -2.12. The number of aliphatic imine (C=N–C) groups is 1. The molecular weight excluding hydrogens is 384 g/mol. The molecule has 0 saturated carbocycles. The Morgan fingerprint density at radius 1 is 0.931 bits per heavy atom. The molecule has 29 heavy (non-hydrogen) atoms. The van der Waals surface area contributed by atoms with Crippen LogP contribution in [0.3, 0.4) is 0 Å². The van der Waals surface area contributed by atoms with Gasteiger partial charge in [0.1, 0.15) is 5.75 Å². The van der Waals surface area contributed by atoms with Crippen molar-refractivity contribution in [2.24, 2.45) is 4.99 Å². The Morgan fingerprint density at radius 3 is 2.41 bits per heavy atom. The van der Waals surface area contributed by atoms with Crippen LogP contribution in [-0.2, 0) is 0 Å². The van der Waals surface area contributed by atoms with E-state index in [-0.39, 0.29) is 11.3 Å². The number of fused-ring (bicyclic) bond motifs is 1. The van der Waals surface area contributed by atoms with Crippen molar-refractivity contribution >= 4 is 45.9 Å². The van der Waals surface area contributed by atoms with Gasteiger partial charge in [-0.15, -0.1) is 0 Å². The summed E-state index contributed by atoms with van der Waals surface area (Å²) in [5, 5.41) is 15.8. The highest BCUT2D eigenvalue weighted by atomic mass is 35.5. The Morgan fingerprint density at radius 2 is 1.62 bits per heavy atom. The van der Waals surface area contributed by atoms with Crippen molar-refractivity contribution in [1.82, 2.24) is 0 Å². The van der Waals surface area contributed by atoms with Gasteiger partial charge in [-0.1, -0.05) is 66.2 Å². The van der Waals surface area contributed by atoms with E-state index < -0.39 is 5.91 Å². The Bertz CT molecular complexity index is 1220. The second-order valence-corrected chi connectivity index (χ2v) is 6.84. The summed E-state index contributed by atoms with van der Waals surface area (Å²) in [6.07, 6.45) is 1.54. The molecule has 142 valence electrons. The van der Waals surface area contributed by atoms with Crippen molar-refractivity contribution in [3.63, 3.8) is 0 Å². The predicted octanol–water partition coefficient (Wildman–Crippen LogP) is 6.20. The monoisotopic (exact) mass is 400 g/mol. The topological polar surface area (TPSA) is 61.7 Å². The minimum Gasteiger partial charge on any atom is -0.506 e. The summed E-state index contributed by atoms with van der Waals surface area (Å²) < 4.78 is 0. The number of carbonyl (C=O) groups excluding carboxylic acids is 1. The molecule has 0 aliphatic rings. The molecule has 0 unspecified atom stereocenters. The van der Waals surface area contributed by atoms with E-state index in [1.165, 1.54) is 6.21 Å².